The number of hydrogen-bond acceptors (Lipinski definition) is 2. The SMILES string of the molecule is CC=CCOC(C)CNCC. The first-order valence-corrected chi connectivity index (χ1v) is 4.24. The van der Waals surface area contributed by atoms with Gasteiger partial charge in [0, 0.05) is 6.54 Å². The van der Waals surface area contributed by atoms with E-state index in [1.165, 1.54) is 0 Å². The van der Waals surface area contributed by atoms with E-state index >= 15 is 0 Å². The summed E-state index contributed by atoms with van der Waals surface area (Å²) in [6.07, 6.45) is 4.33. The molecule has 0 heterocycles. The van der Waals surface area contributed by atoms with Crippen molar-refractivity contribution in [3.8, 4) is 0 Å². The molecule has 0 aromatic heterocycles. The molecule has 0 aliphatic carbocycles. The van der Waals surface area contributed by atoms with Crippen LogP contribution >= 0.6 is 0 Å². The number of hydrogen-bond donors (Lipinski definition) is 1. The van der Waals surface area contributed by atoms with Gasteiger partial charge < -0.3 is 10.1 Å². The maximum Gasteiger partial charge on any atom is 0.0675 e. The molecule has 1 unspecified atom stereocenters. The van der Waals surface area contributed by atoms with Crippen LogP contribution in [-0.2, 0) is 4.74 Å². The van der Waals surface area contributed by atoms with Crippen LogP contribution in [0.3, 0.4) is 0 Å². The average Bonchev–Trinajstić information content (AvgIpc) is 2.01. The molecule has 0 fully saturated rings. The van der Waals surface area contributed by atoms with E-state index in [4.69, 9.17) is 4.74 Å². The summed E-state index contributed by atoms with van der Waals surface area (Å²) in [5.74, 6) is 0. The van der Waals surface area contributed by atoms with Crippen LogP contribution in [0.1, 0.15) is 20.8 Å². The fraction of sp³-hybridized carbons (Fsp3) is 0.778. The standard InChI is InChI=1S/C9H19NO/c1-4-6-7-11-9(3)8-10-5-2/h4,6,9-10H,5,7-8H2,1-3H3. The smallest absolute Gasteiger partial charge is 0.0675 e. The molecule has 0 aliphatic heterocycles. The molecule has 0 radical (unpaired) electrons. The second kappa shape index (κ2) is 7.76. The third kappa shape index (κ3) is 7.56. The monoisotopic (exact) mass is 157 g/mol. The summed E-state index contributed by atoms with van der Waals surface area (Å²) in [7, 11) is 0. The predicted octanol–water partition coefficient (Wildman–Crippen LogP) is 1.58. The highest BCUT2D eigenvalue weighted by Crippen LogP contribution is 1.88. The van der Waals surface area contributed by atoms with Crippen LogP contribution in [-0.4, -0.2) is 25.8 Å². The molecule has 1 N–H and O–H groups in total. The second-order valence-electron chi connectivity index (χ2n) is 2.52. The van der Waals surface area contributed by atoms with Crippen LogP contribution in [0.25, 0.3) is 0 Å². The van der Waals surface area contributed by atoms with Crippen molar-refractivity contribution in [3.05, 3.63) is 12.2 Å². The van der Waals surface area contributed by atoms with Gasteiger partial charge in [0.2, 0.25) is 0 Å². The first-order valence-electron chi connectivity index (χ1n) is 4.24. The zero-order valence-electron chi connectivity index (χ0n) is 7.76. The van der Waals surface area contributed by atoms with E-state index in [2.05, 4.69) is 19.2 Å². The molecular weight excluding hydrogens is 138 g/mol. The van der Waals surface area contributed by atoms with Gasteiger partial charge in [-0.1, -0.05) is 19.1 Å². The maximum atomic E-state index is 5.44. The fourth-order valence-corrected chi connectivity index (χ4v) is 0.723. The van der Waals surface area contributed by atoms with Crippen LogP contribution in [0.4, 0.5) is 0 Å². The molecule has 0 aliphatic rings. The summed E-state index contributed by atoms with van der Waals surface area (Å²) in [6, 6.07) is 0. The lowest BCUT2D eigenvalue weighted by Crippen LogP contribution is -2.26. The number of allylic oxidation sites excluding steroid dienone is 1. The largest absolute Gasteiger partial charge is 0.373 e. The van der Waals surface area contributed by atoms with Gasteiger partial charge in [-0.15, -0.1) is 0 Å². The van der Waals surface area contributed by atoms with E-state index in [-0.39, 0.29) is 0 Å². The van der Waals surface area contributed by atoms with Gasteiger partial charge in [-0.05, 0) is 20.4 Å². The van der Waals surface area contributed by atoms with Crippen molar-refractivity contribution in [2.75, 3.05) is 19.7 Å². The lowest BCUT2D eigenvalue weighted by molar-refractivity contribution is 0.0882. The molecule has 2 nitrogen and oxygen atoms in total. The van der Waals surface area contributed by atoms with Gasteiger partial charge in [0.15, 0.2) is 0 Å². The highest BCUT2D eigenvalue weighted by atomic mass is 16.5. The van der Waals surface area contributed by atoms with Gasteiger partial charge in [-0.3, -0.25) is 0 Å². The Morgan fingerprint density at radius 1 is 1.55 bits per heavy atom. The van der Waals surface area contributed by atoms with E-state index < -0.39 is 0 Å². The van der Waals surface area contributed by atoms with Crippen molar-refractivity contribution < 1.29 is 4.74 Å². The summed E-state index contributed by atoms with van der Waals surface area (Å²) in [6.45, 7) is 8.84. The van der Waals surface area contributed by atoms with Crippen molar-refractivity contribution in [1.82, 2.24) is 5.32 Å². The third-order valence-corrected chi connectivity index (χ3v) is 1.39. The maximum absolute atomic E-state index is 5.44. The molecule has 66 valence electrons. The zero-order valence-corrected chi connectivity index (χ0v) is 7.76. The summed E-state index contributed by atoms with van der Waals surface area (Å²) in [4.78, 5) is 0. The Morgan fingerprint density at radius 3 is 2.82 bits per heavy atom. The van der Waals surface area contributed by atoms with Crippen molar-refractivity contribution in [3.63, 3.8) is 0 Å². The third-order valence-electron chi connectivity index (χ3n) is 1.39. The Labute approximate surface area is 69.6 Å². The molecule has 0 bridgehead atoms. The van der Waals surface area contributed by atoms with Crippen LogP contribution in [0.5, 0.6) is 0 Å². The summed E-state index contributed by atoms with van der Waals surface area (Å²) in [5, 5.41) is 3.23. The van der Waals surface area contributed by atoms with Crippen LogP contribution in [0, 0.1) is 0 Å². The lowest BCUT2D eigenvalue weighted by Gasteiger charge is -2.11. The lowest BCUT2D eigenvalue weighted by atomic mass is 10.4. The Hall–Kier alpha value is -0.340. The van der Waals surface area contributed by atoms with Crippen molar-refractivity contribution in [2.24, 2.45) is 0 Å². The van der Waals surface area contributed by atoms with Crippen LogP contribution < -0.4 is 5.32 Å². The molecule has 0 saturated heterocycles. The number of ether oxygens (including phenoxy) is 1. The van der Waals surface area contributed by atoms with Crippen molar-refractivity contribution in [2.45, 2.75) is 26.9 Å². The molecule has 0 aromatic rings. The molecular formula is C9H19NO. The van der Waals surface area contributed by atoms with Gasteiger partial charge >= 0.3 is 0 Å². The Morgan fingerprint density at radius 2 is 2.27 bits per heavy atom. The minimum absolute atomic E-state index is 0.311. The molecule has 0 rings (SSSR count). The van der Waals surface area contributed by atoms with Crippen molar-refractivity contribution in [1.29, 1.82) is 0 Å². The minimum Gasteiger partial charge on any atom is -0.373 e. The van der Waals surface area contributed by atoms with Gasteiger partial charge in [0.25, 0.3) is 0 Å². The highest BCUT2D eigenvalue weighted by molar-refractivity contribution is 4.76. The highest BCUT2D eigenvalue weighted by Gasteiger charge is 1.97. The van der Waals surface area contributed by atoms with Gasteiger partial charge in [-0.2, -0.15) is 0 Å². The van der Waals surface area contributed by atoms with E-state index in [0.717, 1.165) is 19.7 Å². The fourth-order valence-electron chi connectivity index (χ4n) is 0.723. The molecule has 0 aromatic carbocycles. The molecule has 0 amide bonds. The van der Waals surface area contributed by atoms with Crippen LogP contribution in [0.2, 0.25) is 0 Å². The average molecular weight is 157 g/mol. The molecule has 0 saturated carbocycles. The van der Waals surface area contributed by atoms with E-state index in [0.29, 0.717) is 6.10 Å². The van der Waals surface area contributed by atoms with E-state index in [1.54, 1.807) is 0 Å². The first-order chi connectivity index (χ1) is 5.31. The predicted molar refractivity (Wildman–Crippen MR) is 48.8 cm³/mol. The van der Waals surface area contributed by atoms with E-state index in [9.17, 15) is 0 Å². The number of rotatable bonds is 6. The molecule has 1 atom stereocenters. The van der Waals surface area contributed by atoms with Gasteiger partial charge in [0.1, 0.15) is 0 Å². The van der Waals surface area contributed by atoms with E-state index in [1.807, 2.05) is 19.1 Å². The second-order valence-corrected chi connectivity index (χ2v) is 2.52. The zero-order chi connectivity index (χ0) is 8.53. The minimum atomic E-state index is 0.311. The topological polar surface area (TPSA) is 21.3 Å². The van der Waals surface area contributed by atoms with Crippen molar-refractivity contribution >= 4 is 0 Å². The quantitative estimate of drug-likeness (QED) is 0.591. The first kappa shape index (κ1) is 10.7. The Bertz CT molecular complexity index is 102. The molecule has 2 heteroatoms. The van der Waals surface area contributed by atoms with Gasteiger partial charge in [0.05, 0.1) is 12.7 Å². The summed E-state index contributed by atoms with van der Waals surface area (Å²) in [5.41, 5.74) is 0. The Balaban J connectivity index is 3.15. The summed E-state index contributed by atoms with van der Waals surface area (Å²) < 4.78 is 5.44. The number of nitrogens with one attached hydrogen (secondary N) is 1. The van der Waals surface area contributed by atoms with Gasteiger partial charge in [-0.25, -0.2) is 0 Å². The van der Waals surface area contributed by atoms with Crippen LogP contribution in [0.15, 0.2) is 12.2 Å². The summed E-state index contributed by atoms with van der Waals surface area (Å²) >= 11 is 0. The number of likely N-dealkylation sites (N-methyl/N-ethyl adjacent to an activating group) is 1. The molecule has 0 spiro atoms. The Kier molecular flexibility index (Phi) is 7.52. The normalized spacial score (nSPS) is 14.1. The molecule has 11 heavy (non-hydrogen) atoms.